The first-order chi connectivity index (χ1) is 12.5. The van der Waals surface area contributed by atoms with E-state index in [-0.39, 0.29) is 17.6 Å². The Kier molecular flexibility index (Phi) is 4.63. The summed E-state index contributed by atoms with van der Waals surface area (Å²) in [6.45, 7) is 8.60. The summed E-state index contributed by atoms with van der Waals surface area (Å²) in [6.07, 6.45) is 0.858. The molecule has 0 saturated carbocycles. The van der Waals surface area contributed by atoms with Crippen LogP contribution >= 0.6 is 0 Å². The molecule has 3 unspecified atom stereocenters. The molecule has 4 rings (SSSR count). The van der Waals surface area contributed by atoms with Gasteiger partial charge in [0.25, 0.3) is 0 Å². The molecule has 4 nitrogen and oxygen atoms in total. The molecule has 0 aromatic heterocycles. The lowest BCUT2D eigenvalue weighted by Gasteiger charge is -2.26. The fraction of sp³-hybridized carbons (Fsp3) is 0.455. The predicted molar refractivity (Wildman–Crippen MR) is 100 cm³/mol. The van der Waals surface area contributed by atoms with Crippen molar-refractivity contribution in [2.75, 3.05) is 19.8 Å². The normalized spacial score (nSPS) is 24.2. The Labute approximate surface area is 155 Å². The third-order valence-electron chi connectivity index (χ3n) is 5.24. The van der Waals surface area contributed by atoms with Gasteiger partial charge in [-0.15, -0.1) is 0 Å². The average molecular weight is 354 g/mol. The van der Waals surface area contributed by atoms with Gasteiger partial charge < -0.3 is 18.9 Å². The van der Waals surface area contributed by atoms with E-state index in [0.717, 1.165) is 18.1 Å². The van der Waals surface area contributed by atoms with Crippen LogP contribution in [0.3, 0.4) is 0 Å². The maximum atomic E-state index is 5.79. The molecule has 2 aliphatic heterocycles. The lowest BCUT2D eigenvalue weighted by atomic mass is 9.78. The van der Waals surface area contributed by atoms with E-state index >= 15 is 0 Å². The number of hydrogen-bond donors (Lipinski definition) is 0. The van der Waals surface area contributed by atoms with E-state index in [1.54, 1.807) is 0 Å². The molecule has 0 radical (unpaired) electrons. The molecule has 3 atom stereocenters. The van der Waals surface area contributed by atoms with Gasteiger partial charge in [-0.1, -0.05) is 38.1 Å². The van der Waals surface area contributed by atoms with E-state index in [2.05, 4.69) is 45.0 Å². The van der Waals surface area contributed by atoms with Crippen LogP contribution in [0.4, 0.5) is 0 Å². The summed E-state index contributed by atoms with van der Waals surface area (Å²) in [6, 6.07) is 16.7. The van der Waals surface area contributed by atoms with Gasteiger partial charge in [0.15, 0.2) is 0 Å². The van der Waals surface area contributed by atoms with E-state index in [0.29, 0.717) is 19.3 Å². The Hall–Kier alpha value is -2.04. The van der Waals surface area contributed by atoms with Crippen molar-refractivity contribution >= 4 is 0 Å². The molecule has 0 spiro atoms. The molecule has 2 aromatic carbocycles. The smallest absolute Gasteiger partial charge is 0.119 e. The molecule has 26 heavy (non-hydrogen) atoms. The molecule has 2 aromatic rings. The Morgan fingerprint density at radius 3 is 1.77 bits per heavy atom. The monoisotopic (exact) mass is 354 g/mol. The van der Waals surface area contributed by atoms with Gasteiger partial charge in [0.05, 0.1) is 12.7 Å². The molecule has 2 aliphatic rings. The van der Waals surface area contributed by atoms with E-state index < -0.39 is 0 Å². The molecule has 2 heterocycles. The minimum atomic E-state index is -0.0925. The number of hydrogen-bond acceptors (Lipinski definition) is 4. The molecule has 0 N–H and O–H groups in total. The van der Waals surface area contributed by atoms with Crippen LogP contribution in [0, 0.1) is 0 Å². The van der Waals surface area contributed by atoms with Crippen LogP contribution in [0.15, 0.2) is 48.5 Å². The molecule has 138 valence electrons. The highest BCUT2D eigenvalue weighted by molar-refractivity contribution is 5.41. The second-order valence-corrected chi connectivity index (χ2v) is 7.63. The largest absolute Gasteiger partial charge is 0.491 e. The van der Waals surface area contributed by atoms with Crippen LogP contribution < -0.4 is 9.47 Å². The van der Waals surface area contributed by atoms with Crippen molar-refractivity contribution in [3.8, 4) is 11.5 Å². The van der Waals surface area contributed by atoms with Crippen LogP contribution in [0.1, 0.15) is 31.9 Å². The summed E-state index contributed by atoms with van der Waals surface area (Å²) in [5, 5.41) is 0. The fourth-order valence-corrected chi connectivity index (χ4v) is 3.04. The topological polar surface area (TPSA) is 43.5 Å². The molecule has 4 heteroatoms. The van der Waals surface area contributed by atoms with Gasteiger partial charge in [-0.05, 0) is 42.3 Å². The second kappa shape index (κ2) is 6.93. The van der Waals surface area contributed by atoms with Crippen molar-refractivity contribution in [1.82, 2.24) is 0 Å². The van der Waals surface area contributed by atoms with Gasteiger partial charge in [-0.25, -0.2) is 0 Å². The maximum absolute atomic E-state index is 5.79. The number of epoxide rings is 2. The summed E-state index contributed by atoms with van der Waals surface area (Å²) in [5.41, 5.74) is 2.41. The Morgan fingerprint density at radius 1 is 0.885 bits per heavy atom. The number of benzene rings is 2. The van der Waals surface area contributed by atoms with Crippen molar-refractivity contribution in [3.05, 3.63) is 59.7 Å². The summed E-state index contributed by atoms with van der Waals surface area (Å²) in [4.78, 5) is 0. The van der Waals surface area contributed by atoms with E-state index in [4.69, 9.17) is 18.9 Å². The maximum Gasteiger partial charge on any atom is 0.119 e. The minimum absolute atomic E-state index is 0.0925. The van der Waals surface area contributed by atoms with Gasteiger partial charge in [0.2, 0.25) is 0 Å². The van der Waals surface area contributed by atoms with Crippen LogP contribution in [-0.4, -0.2) is 38.1 Å². The highest BCUT2D eigenvalue weighted by atomic mass is 16.6. The van der Waals surface area contributed by atoms with Gasteiger partial charge in [-0.2, -0.15) is 0 Å². The van der Waals surface area contributed by atoms with Gasteiger partial charge in [-0.3, -0.25) is 0 Å². The van der Waals surface area contributed by atoms with E-state index in [1.807, 2.05) is 24.3 Å². The highest BCUT2D eigenvalue weighted by Crippen LogP contribution is 2.33. The van der Waals surface area contributed by atoms with Crippen molar-refractivity contribution in [1.29, 1.82) is 0 Å². The molecule has 2 fully saturated rings. The standard InChI is InChI=1S/C22H26O4/c1-15-21(26-15)14-25-19-10-6-17(7-11-19)22(2,3)16-4-8-18(9-5-16)23-12-20-13-24-20/h4-11,15,20-21H,12-14H2,1-3H3. The summed E-state index contributed by atoms with van der Waals surface area (Å²) in [7, 11) is 0. The Morgan fingerprint density at radius 2 is 1.35 bits per heavy atom. The van der Waals surface area contributed by atoms with Crippen LogP contribution in [-0.2, 0) is 14.9 Å². The third-order valence-corrected chi connectivity index (χ3v) is 5.24. The Bertz CT molecular complexity index is 732. The molecular formula is C22H26O4. The van der Waals surface area contributed by atoms with E-state index in [1.165, 1.54) is 11.1 Å². The lowest BCUT2D eigenvalue weighted by molar-refractivity contribution is 0.260. The minimum Gasteiger partial charge on any atom is -0.491 e. The zero-order valence-corrected chi connectivity index (χ0v) is 15.6. The first kappa shape index (κ1) is 17.4. The van der Waals surface area contributed by atoms with Gasteiger partial charge in [0.1, 0.15) is 36.9 Å². The number of ether oxygens (including phenoxy) is 4. The SMILES string of the molecule is CC1OC1COc1ccc(C(C)(C)c2ccc(OCC3CO3)cc2)cc1. The van der Waals surface area contributed by atoms with Gasteiger partial charge in [0, 0.05) is 5.41 Å². The first-order valence-electron chi connectivity index (χ1n) is 9.26. The Balaban J connectivity index is 1.39. The van der Waals surface area contributed by atoms with Crippen molar-refractivity contribution in [2.45, 2.75) is 44.5 Å². The fourth-order valence-electron chi connectivity index (χ4n) is 3.04. The van der Waals surface area contributed by atoms with Crippen molar-refractivity contribution < 1.29 is 18.9 Å². The zero-order chi connectivity index (χ0) is 18.1. The van der Waals surface area contributed by atoms with Crippen LogP contribution in [0.25, 0.3) is 0 Å². The molecule has 0 bridgehead atoms. The predicted octanol–water partition coefficient (Wildman–Crippen LogP) is 3.96. The number of rotatable bonds is 8. The lowest BCUT2D eigenvalue weighted by Crippen LogP contribution is -2.18. The average Bonchev–Trinajstić information content (AvgIpc) is 3.57. The quantitative estimate of drug-likeness (QED) is 0.673. The third kappa shape index (κ3) is 4.02. The van der Waals surface area contributed by atoms with Crippen LogP contribution in [0.5, 0.6) is 11.5 Å². The molecular weight excluding hydrogens is 328 g/mol. The summed E-state index contributed by atoms with van der Waals surface area (Å²) in [5.74, 6) is 1.78. The molecule has 0 amide bonds. The molecule has 2 saturated heterocycles. The van der Waals surface area contributed by atoms with Crippen molar-refractivity contribution in [2.24, 2.45) is 0 Å². The first-order valence-corrected chi connectivity index (χ1v) is 9.26. The van der Waals surface area contributed by atoms with Gasteiger partial charge >= 0.3 is 0 Å². The second-order valence-electron chi connectivity index (χ2n) is 7.63. The van der Waals surface area contributed by atoms with E-state index in [9.17, 15) is 0 Å². The summed E-state index contributed by atoms with van der Waals surface area (Å²) >= 11 is 0. The highest BCUT2D eigenvalue weighted by Gasteiger charge is 2.34. The zero-order valence-electron chi connectivity index (χ0n) is 15.6. The van der Waals surface area contributed by atoms with Crippen molar-refractivity contribution in [3.63, 3.8) is 0 Å². The van der Waals surface area contributed by atoms with Crippen LogP contribution in [0.2, 0.25) is 0 Å². The molecule has 0 aliphatic carbocycles. The summed E-state index contributed by atoms with van der Waals surface area (Å²) < 4.78 is 22.1.